The summed E-state index contributed by atoms with van der Waals surface area (Å²) in [6.45, 7) is 7.49. The van der Waals surface area contributed by atoms with Gasteiger partial charge in [0.2, 0.25) is 0 Å². The molecule has 4 nitrogen and oxygen atoms in total. The number of aromatic amines is 1. The lowest BCUT2D eigenvalue weighted by atomic mass is 9.97. The van der Waals surface area contributed by atoms with Crippen molar-refractivity contribution < 1.29 is 14.4 Å². The maximum absolute atomic E-state index is 12.0. The number of aryl methyl sites for hydroxylation is 1. The minimum absolute atomic E-state index is 0.0182. The lowest BCUT2D eigenvalue weighted by molar-refractivity contribution is -0.921. The first-order valence-corrected chi connectivity index (χ1v) is 8.25. The molecule has 0 bridgehead atoms. The third-order valence-electron chi connectivity index (χ3n) is 4.69. The minimum atomic E-state index is -0.0182. The average Bonchev–Trinajstić information content (AvgIpc) is 2.84. The number of ether oxygens (including phenoxy) is 1. The lowest BCUT2D eigenvalue weighted by Crippen LogP contribution is -3.12. The van der Waals surface area contributed by atoms with E-state index >= 15 is 0 Å². The molecular weight excluding hydrogens is 276 g/mol. The van der Waals surface area contributed by atoms with Crippen LogP contribution in [-0.4, -0.2) is 30.6 Å². The van der Waals surface area contributed by atoms with E-state index in [2.05, 4.69) is 36.2 Å². The first-order chi connectivity index (χ1) is 10.7. The molecule has 1 aliphatic rings. The molecule has 0 aliphatic carbocycles. The molecule has 1 saturated heterocycles. The van der Waals surface area contributed by atoms with Crippen molar-refractivity contribution in [1.29, 1.82) is 0 Å². The van der Waals surface area contributed by atoms with E-state index in [9.17, 15) is 4.79 Å². The van der Waals surface area contributed by atoms with Crippen molar-refractivity contribution in [2.45, 2.75) is 33.2 Å². The molecule has 0 spiro atoms. The van der Waals surface area contributed by atoms with E-state index in [0.717, 1.165) is 32.5 Å². The van der Waals surface area contributed by atoms with Gasteiger partial charge in [-0.15, -0.1) is 0 Å². The van der Waals surface area contributed by atoms with Gasteiger partial charge in [-0.05, 0) is 32.8 Å². The summed E-state index contributed by atoms with van der Waals surface area (Å²) in [4.78, 5) is 16.9. The van der Waals surface area contributed by atoms with Crippen LogP contribution in [0.15, 0.2) is 24.3 Å². The number of nitrogens with one attached hydrogen (secondary N) is 2. The number of likely N-dealkylation sites (tertiary alicyclic amines) is 1. The van der Waals surface area contributed by atoms with Crippen molar-refractivity contribution in [3.05, 3.63) is 35.5 Å². The van der Waals surface area contributed by atoms with E-state index in [1.54, 1.807) is 0 Å². The molecule has 4 heteroatoms. The number of esters is 1. The summed E-state index contributed by atoms with van der Waals surface area (Å²) in [6.07, 6.45) is 2.06. The van der Waals surface area contributed by atoms with Gasteiger partial charge in [-0.2, -0.15) is 0 Å². The molecule has 0 amide bonds. The fourth-order valence-electron chi connectivity index (χ4n) is 3.59. The van der Waals surface area contributed by atoms with Gasteiger partial charge < -0.3 is 14.6 Å². The summed E-state index contributed by atoms with van der Waals surface area (Å²) >= 11 is 0. The molecule has 0 radical (unpaired) electrons. The molecular formula is C18H25N2O2+. The molecule has 1 aromatic carbocycles. The van der Waals surface area contributed by atoms with Gasteiger partial charge in [-0.1, -0.05) is 18.2 Å². The fourth-order valence-corrected chi connectivity index (χ4v) is 3.59. The number of hydrogen-bond donors (Lipinski definition) is 2. The second-order valence-corrected chi connectivity index (χ2v) is 6.25. The third kappa shape index (κ3) is 3.02. The summed E-state index contributed by atoms with van der Waals surface area (Å²) in [5, 5.41) is 1.31. The highest BCUT2D eigenvalue weighted by molar-refractivity contribution is 5.84. The number of para-hydroxylation sites is 1. The fraction of sp³-hybridized carbons (Fsp3) is 0.500. The van der Waals surface area contributed by atoms with E-state index in [4.69, 9.17) is 4.74 Å². The Balaban J connectivity index is 1.74. The Labute approximate surface area is 131 Å². The van der Waals surface area contributed by atoms with Gasteiger partial charge in [-0.25, -0.2) is 0 Å². The Morgan fingerprint density at radius 2 is 2.23 bits per heavy atom. The predicted molar refractivity (Wildman–Crippen MR) is 86.8 cm³/mol. The van der Waals surface area contributed by atoms with E-state index in [1.807, 2.05) is 6.92 Å². The smallest absolute Gasteiger partial charge is 0.314 e. The summed E-state index contributed by atoms with van der Waals surface area (Å²) in [7, 11) is 0. The van der Waals surface area contributed by atoms with Crippen LogP contribution >= 0.6 is 0 Å². The number of quaternary nitrogens is 1. The van der Waals surface area contributed by atoms with Crippen LogP contribution in [0.1, 0.15) is 31.0 Å². The van der Waals surface area contributed by atoms with Crippen LogP contribution < -0.4 is 4.90 Å². The molecule has 2 N–H and O–H groups in total. The number of piperidine rings is 1. The molecule has 3 rings (SSSR count). The largest absolute Gasteiger partial charge is 0.466 e. The highest BCUT2D eigenvalue weighted by atomic mass is 16.5. The van der Waals surface area contributed by atoms with E-state index in [-0.39, 0.29) is 11.9 Å². The first kappa shape index (κ1) is 15.1. The number of hydrogen-bond acceptors (Lipinski definition) is 2. The molecule has 1 aromatic heterocycles. The molecule has 1 aliphatic heterocycles. The summed E-state index contributed by atoms with van der Waals surface area (Å²) in [5.74, 6) is 0.0459. The SMILES string of the molecule is CCOC(=O)[C@H]1CCC[NH+](Cc2c(C)[nH]c3ccccc23)C1. The molecule has 2 atom stereocenters. The maximum atomic E-state index is 12.0. The molecule has 22 heavy (non-hydrogen) atoms. The van der Waals surface area contributed by atoms with Gasteiger partial charge in [0.1, 0.15) is 12.5 Å². The number of H-pyrrole nitrogens is 1. The molecule has 2 aromatic rings. The first-order valence-electron chi connectivity index (χ1n) is 8.25. The van der Waals surface area contributed by atoms with E-state index in [1.165, 1.54) is 27.1 Å². The van der Waals surface area contributed by atoms with Crippen LogP contribution in [0.3, 0.4) is 0 Å². The zero-order valence-corrected chi connectivity index (χ0v) is 13.4. The van der Waals surface area contributed by atoms with Crippen LogP contribution in [-0.2, 0) is 16.1 Å². The van der Waals surface area contributed by atoms with Gasteiger partial charge in [-0.3, -0.25) is 4.79 Å². The van der Waals surface area contributed by atoms with Gasteiger partial charge >= 0.3 is 5.97 Å². The van der Waals surface area contributed by atoms with Crippen LogP contribution in [0.2, 0.25) is 0 Å². The second-order valence-electron chi connectivity index (χ2n) is 6.25. The lowest BCUT2D eigenvalue weighted by Gasteiger charge is -2.28. The van der Waals surface area contributed by atoms with Crippen molar-refractivity contribution in [2.24, 2.45) is 5.92 Å². The van der Waals surface area contributed by atoms with Crippen molar-refractivity contribution >= 4 is 16.9 Å². The van der Waals surface area contributed by atoms with E-state index < -0.39 is 0 Å². The van der Waals surface area contributed by atoms with Crippen molar-refractivity contribution in [3.8, 4) is 0 Å². The quantitative estimate of drug-likeness (QED) is 0.847. The molecule has 118 valence electrons. The Morgan fingerprint density at radius 3 is 3.05 bits per heavy atom. The number of rotatable bonds is 4. The number of carbonyl (C=O) groups excluding carboxylic acids is 1. The predicted octanol–water partition coefficient (Wildman–Crippen LogP) is 1.83. The van der Waals surface area contributed by atoms with Gasteiger partial charge in [0.15, 0.2) is 0 Å². The number of benzene rings is 1. The Kier molecular flexibility index (Phi) is 4.48. The number of aromatic nitrogens is 1. The average molecular weight is 301 g/mol. The van der Waals surface area contributed by atoms with Gasteiger partial charge in [0.05, 0.1) is 19.7 Å². The van der Waals surface area contributed by atoms with E-state index in [0.29, 0.717) is 6.61 Å². The molecule has 1 unspecified atom stereocenters. The van der Waals surface area contributed by atoms with Crippen LogP contribution in [0.4, 0.5) is 0 Å². The van der Waals surface area contributed by atoms with Gasteiger partial charge in [0.25, 0.3) is 0 Å². The number of fused-ring (bicyclic) bond motifs is 1. The third-order valence-corrected chi connectivity index (χ3v) is 4.69. The highest BCUT2D eigenvalue weighted by Crippen LogP contribution is 2.21. The summed E-state index contributed by atoms with van der Waals surface area (Å²) in [5.41, 5.74) is 3.83. The van der Waals surface area contributed by atoms with Crippen molar-refractivity contribution in [3.63, 3.8) is 0 Å². The molecule has 2 heterocycles. The topological polar surface area (TPSA) is 46.5 Å². The summed E-state index contributed by atoms with van der Waals surface area (Å²) < 4.78 is 5.20. The normalized spacial score (nSPS) is 21.9. The van der Waals surface area contributed by atoms with Crippen molar-refractivity contribution in [2.75, 3.05) is 19.7 Å². The van der Waals surface area contributed by atoms with Crippen LogP contribution in [0.5, 0.6) is 0 Å². The standard InChI is InChI=1S/C18H24N2O2/c1-3-22-18(21)14-7-6-10-20(11-14)12-16-13(2)19-17-9-5-4-8-15(16)17/h4-5,8-9,14,19H,3,6-7,10-12H2,1-2H3/p+1/t14-/m0/s1. The Morgan fingerprint density at radius 1 is 1.41 bits per heavy atom. The number of carbonyl (C=O) groups is 1. The zero-order chi connectivity index (χ0) is 15.5. The zero-order valence-electron chi connectivity index (χ0n) is 13.4. The summed E-state index contributed by atoms with van der Waals surface area (Å²) in [6, 6.07) is 8.46. The maximum Gasteiger partial charge on any atom is 0.314 e. The van der Waals surface area contributed by atoms with Crippen LogP contribution in [0.25, 0.3) is 10.9 Å². The molecule has 0 saturated carbocycles. The Bertz CT molecular complexity index is 662. The minimum Gasteiger partial charge on any atom is -0.466 e. The monoisotopic (exact) mass is 301 g/mol. The van der Waals surface area contributed by atoms with Gasteiger partial charge in [0, 0.05) is 22.2 Å². The second kappa shape index (κ2) is 6.53. The van der Waals surface area contributed by atoms with Crippen molar-refractivity contribution in [1.82, 2.24) is 4.98 Å². The highest BCUT2D eigenvalue weighted by Gasteiger charge is 2.30. The molecule has 1 fully saturated rings. The Hall–Kier alpha value is -1.81. The van der Waals surface area contributed by atoms with Crippen LogP contribution in [0, 0.1) is 12.8 Å².